The Morgan fingerprint density at radius 3 is 1.09 bits per heavy atom. The average molecular weight is 1250 g/mol. The summed E-state index contributed by atoms with van der Waals surface area (Å²) in [6.07, 6.45) is 5.85. The van der Waals surface area contributed by atoms with Crippen molar-refractivity contribution in [2.75, 3.05) is 14.2 Å². The van der Waals surface area contributed by atoms with Crippen LogP contribution in [0.25, 0.3) is 17.1 Å². The minimum Gasteiger partial charge on any atom is -0.508 e. The molecule has 6 aliphatic heterocycles. The van der Waals surface area contributed by atoms with E-state index in [2.05, 4.69) is 20.8 Å². The first-order valence-corrected chi connectivity index (χ1v) is 30.0. The molecule has 9 heterocycles. The summed E-state index contributed by atoms with van der Waals surface area (Å²) in [5.74, 6) is 2.92. The SMILES string of the molecule is CC1(C)Oc2cc(O)ccc2C2C1=CCn1c(=O)n(-c3ccc(C(C)(C)C)cc3)c(=O)n12.COc1ccc(-n2c(=O)n3n(c2=O)C2C(=CC3)C(C)(C)Oc3cc(O)ccc32)cc1.COc1cccc(-n2c(=O)n3n(c2=O)C2C(=CC3)C(C)(C)Oc3cc(O)ccc32)c1. The first kappa shape index (κ1) is 60.1. The van der Waals surface area contributed by atoms with Crippen molar-refractivity contribution in [3.63, 3.8) is 0 Å². The maximum absolute atomic E-state index is 13.6. The lowest BCUT2D eigenvalue weighted by Crippen LogP contribution is -2.46. The van der Waals surface area contributed by atoms with Crippen LogP contribution in [0.2, 0.25) is 0 Å². The number of ether oxygens (including phenoxy) is 5. The smallest absolute Gasteiger partial charge is 0.352 e. The van der Waals surface area contributed by atoms with Gasteiger partial charge in [0, 0.05) is 41.0 Å². The molecule has 0 bridgehead atoms. The Kier molecular flexibility index (Phi) is 14.0. The molecule has 3 atom stereocenters. The van der Waals surface area contributed by atoms with Crippen molar-refractivity contribution in [2.24, 2.45) is 0 Å². The van der Waals surface area contributed by atoms with Crippen LogP contribution in [-0.2, 0) is 25.0 Å². The highest BCUT2D eigenvalue weighted by molar-refractivity contribution is 5.54. The van der Waals surface area contributed by atoms with E-state index in [0.717, 1.165) is 43.5 Å². The molecule has 0 spiro atoms. The lowest BCUT2D eigenvalue weighted by atomic mass is 9.83. The number of rotatable bonds is 5. The van der Waals surface area contributed by atoms with E-state index < -0.39 is 63.4 Å². The lowest BCUT2D eigenvalue weighted by molar-refractivity contribution is 0.112. The van der Waals surface area contributed by atoms with Crippen LogP contribution in [0.15, 0.2) is 191 Å². The third kappa shape index (κ3) is 9.62. The minimum absolute atomic E-state index is 0.0275. The molecule has 0 amide bonds. The number of phenolic OH excluding ortho intramolecular Hbond substituents is 3. The normalized spacial score (nSPS) is 18.6. The molecule has 23 nitrogen and oxygen atoms in total. The molecular weight excluding hydrogens is 1180 g/mol. The topological polar surface area (TPSA) is 254 Å². The molecule has 6 aromatic carbocycles. The lowest BCUT2D eigenvalue weighted by Gasteiger charge is -2.42. The van der Waals surface area contributed by atoms with Gasteiger partial charge in [-0.15, -0.1) is 0 Å². The Hall–Kier alpha value is -10.8. The van der Waals surface area contributed by atoms with Crippen LogP contribution in [0.1, 0.15) is 103 Å². The minimum atomic E-state index is -0.704. The number of aromatic nitrogens is 9. The standard InChI is InChI=1S/C25H27N3O4.2C22H21N3O5/c1-24(2,3)15-6-8-16(9-7-15)27-22(30)26-13-12-19-21(28(26)23(27)31)18-11-10-17(29)14-20(18)32-25(19,4)5;1-22(2)17-10-11-23-20(27)24(13-4-7-15(29-3)8-5-13)21(28)25(23)19(17)16-9-6-14(26)12-18(16)30-22;1-22(2)17-9-10-23-20(27)24(13-5-4-6-15(11-13)29-3)21(28)25(23)19(17)16-8-7-14(26)12-18(16)30-22/h6-12,14,21,29H,13H2,1-5H3;4-10,12,19,26H,11H2,1-3H3;4-9,11-12,19,26H,10H2,1-3H3. The number of hydrogen-bond acceptors (Lipinski definition) is 14. The number of aromatic hydroxyl groups is 3. The van der Waals surface area contributed by atoms with E-state index in [-0.39, 0.29) is 48.0 Å². The van der Waals surface area contributed by atoms with Crippen molar-refractivity contribution >= 4 is 0 Å². The maximum Gasteiger partial charge on any atom is 0.352 e. The quantitative estimate of drug-likeness (QED) is 0.138. The van der Waals surface area contributed by atoms with Gasteiger partial charge in [0.1, 0.15) is 80.9 Å². The molecule has 3 aromatic heterocycles. The van der Waals surface area contributed by atoms with Gasteiger partial charge in [-0.25, -0.2) is 70.6 Å². The van der Waals surface area contributed by atoms with E-state index in [1.165, 1.54) is 56.5 Å². The zero-order valence-electron chi connectivity index (χ0n) is 52.6. The highest BCUT2D eigenvalue weighted by atomic mass is 16.5. The van der Waals surface area contributed by atoms with Crippen molar-refractivity contribution < 1.29 is 39.0 Å². The summed E-state index contributed by atoms with van der Waals surface area (Å²) < 4.78 is 41.2. The van der Waals surface area contributed by atoms with Gasteiger partial charge in [0.25, 0.3) is 0 Å². The number of fused-ring (bicyclic) bond motifs is 15. The Morgan fingerprint density at radius 1 is 0.413 bits per heavy atom. The van der Waals surface area contributed by atoms with Gasteiger partial charge in [-0.2, -0.15) is 0 Å². The number of hydrogen-bond donors (Lipinski definition) is 3. The predicted octanol–water partition coefficient (Wildman–Crippen LogP) is 7.93. The molecule has 15 rings (SSSR count). The predicted molar refractivity (Wildman–Crippen MR) is 342 cm³/mol. The van der Waals surface area contributed by atoms with E-state index in [1.54, 1.807) is 98.1 Å². The summed E-state index contributed by atoms with van der Waals surface area (Å²) in [4.78, 5) is 80.3. The first-order chi connectivity index (χ1) is 43.6. The molecule has 474 valence electrons. The summed E-state index contributed by atoms with van der Waals surface area (Å²) in [5, 5.41) is 29.8. The van der Waals surface area contributed by atoms with Crippen molar-refractivity contribution in [1.29, 1.82) is 0 Å². The molecule has 3 N–H and O–H groups in total. The third-order valence-corrected chi connectivity index (χ3v) is 17.9. The fourth-order valence-electron chi connectivity index (χ4n) is 13.4. The number of phenols is 3. The van der Waals surface area contributed by atoms with E-state index in [4.69, 9.17) is 23.7 Å². The molecular formula is C69H69N9O14. The van der Waals surface area contributed by atoms with Crippen LogP contribution in [0, 0.1) is 0 Å². The van der Waals surface area contributed by atoms with Gasteiger partial charge < -0.3 is 39.0 Å². The van der Waals surface area contributed by atoms with Crippen LogP contribution in [0.3, 0.4) is 0 Å². The Morgan fingerprint density at radius 2 is 0.750 bits per heavy atom. The van der Waals surface area contributed by atoms with Gasteiger partial charge in [-0.05, 0) is 154 Å². The molecule has 92 heavy (non-hydrogen) atoms. The molecule has 0 fully saturated rings. The Balaban J connectivity index is 0.000000126. The van der Waals surface area contributed by atoms with E-state index in [9.17, 15) is 44.1 Å². The van der Waals surface area contributed by atoms with Crippen LogP contribution >= 0.6 is 0 Å². The van der Waals surface area contributed by atoms with Crippen molar-refractivity contribution in [3.8, 4) is 63.1 Å². The number of allylic oxidation sites excluding steroid dienone is 3. The van der Waals surface area contributed by atoms with E-state index in [1.807, 2.05) is 84.0 Å². The molecule has 0 saturated carbocycles. The van der Waals surface area contributed by atoms with E-state index in [0.29, 0.717) is 45.8 Å². The van der Waals surface area contributed by atoms with Gasteiger partial charge in [0.2, 0.25) is 0 Å². The van der Waals surface area contributed by atoms with Gasteiger partial charge >= 0.3 is 34.1 Å². The number of benzene rings is 6. The first-order valence-electron chi connectivity index (χ1n) is 30.0. The van der Waals surface area contributed by atoms with Crippen LogP contribution < -0.4 is 57.8 Å². The van der Waals surface area contributed by atoms with E-state index >= 15 is 0 Å². The summed E-state index contributed by atoms with van der Waals surface area (Å²) in [6, 6.07) is 34.2. The monoisotopic (exact) mass is 1250 g/mol. The Labute approximate surface area is 525 Å². The molecule has 0 saturated heterocycles. The average Bonchev–Trinajstić information content (AvgIpc) is 1.57. The van der Waals surface area contributed by atoms with Crippen molar-refractivity contribution in [2.45, 2.75) is 122 Å². The summed E-state index contributed by atoms with van der Waals surface area (Å²) >= 11 is 0. The fraction of sp³-hybridized carbons (Fsp3) is 0.304. The Bertz CT molecular complexity index is 5000. The second-order valence-corrected chi connectivity index (χ2v) is 25.9. The molecule has 0 aliphatic carbocycles. The fourth-order valence-corrected chi connectivity index (χ4v) is 13.4. The molecule has 9 aromatic rings. The second-order valence-electron chi connectivity index (χ2n) is 25.9. The van der Waals surface area contributed by atoms with Gasteiger partial charge in [0.15, 0.2) is 0 Å². The van der Waals surface area contributed by atoms with Crippen LogP contribution in [0.4, 0.5) is 0 Å². The van der Waals surface area contributed by atoms with Gasteiger partial charge in [-0.1, -0.05) is 57.2 Å². The molecule has 3 unspecified atom stereocenters. The molecule has 6 aliphatic rings. The van der Waals surface area contributed by atoms with Gasteiger partial charge in [0.05, 0.1) is 50.9 Å². The summed E-state index contributed by atoms with van der Waals surface area (Å²) in [6.45, 7) is 18.7. The zero-order chi connectivity index (χ0) is 65.4. The number of methoxy groups -OCH3 is 2. The highest BCUT2D eigenvalue weighted by Crippen LogP contribution is 2.50. The number of nitrogens with zero attached hydrogens (tertiary/aromatic N) is 9. The zero-order valence-corrected chi connectivity index (χ0v) is 52.6. The van der Waals surface area contributed by atoms with Crippen molar-refractivity contribution in [1.82, 2.24) is 41.8 Å². The molecule has 0 radical (unpaired) electrons. The second kappa shape index (κ2) is 21.4. The summed E-state index contributed by atoms with van der Waals surface area (Å²) in [7, 11) is 3.09. The largest absolute Gasteiger partial charge is 0.508 e. The van der Waals surface area contributed by atoms with Crippen LogP contribution in [-0.4, -0.2) is 88.1 Å². The molecule has 23 heteroatoms. The highest BCUT2D eigenvalue weighted by Gasteiger charge is 2.47. The maximum atomic E-state index is 13.6. The van der Waals surface area contributed by atoms with Crippen molar-refractivity contribution in [3.05, 3.63) is 248 Å². The third-order valence-electron chi connectivity index (χ3n) is 17.9. The van der Waals surface area contributed by atoms with Gasteiger partial charge in [-0.3, -0.25) is 0 Å². The van der Waals surface area contributed by atoms with Crippen LogP contribution in [0.5, 0.6) is 46.0 Å². The summed E-state index contributed by atoms with van der Waals surface area (Å²) in [5.41, 5.74) is 2.86.